The van der Waals surface area contributed by atoms with Crippen molar-refractivity contribution in [2.45, 2.75) is 6.92 Å². The number of rotatable bonds is 3. The molecule has 0 aliphatic carbocycles. The summed E-state index contributed by atoms with van der Waals surface area (Å²) in [6, 6.07) is 7.22. The molecule has 1 aromatic heterocycles. The second-order valence-electron chi connectivity index (χ2n) is 7.12. The van der Waals surface area contributed by atoms with Crippen molar-refractivity contribution < 1.29 is 13.9 Å². The Morgan fingerprint density at radius 1 is 1.22 bits per heavy atom. The van der Waals surface area contributed by atoms with Crippen LogP contribution in [-0.2, 0) is 0 Å². The van der Waals surface area contributed by atoms with Crippen LogP contribution >= 0.6 is 0 Å². The Kier molecular flexibility index (Phi) is 4.33. The molecule has 2 aromatic rings. The summed E-state index contributed by atoms with van der Waals surface area (Å²) in [4.78, 5) is 35.0. The average Bonchev–Trinajstić information content (AvgIpc) is 3.24. The van der Waals surface area contributed by atoms with Gasteiger partial charge in [-0.1, -0.05) is 12.1 Å². The van der Waals surface area contributed by atoms with Crippen LogP contribution in [0.3, 0.4) is 0 Å². The van der Waals surface area contributed by atoms with E-state index in [0.29, 0.717) is 55.3 Å². The summed E-state index contributed by atoms with van der Waals surface area (Å²) in [6.45, 7) is 4.12. The Morgan fingerprint density at radius 2 is 1.89 bits per heavy atom. The molecule has 2 unspecified atom stereocenters. The van der Waals surface area contributed by atoms with Gasteiger partial charge >= 0.3 is 0 Å². The van der Waals surface area contributed by atoms with E-state index in [-0.39, 0.29) is 11.6 Å². The van der Waals surface area contributed by atoms with Crippen LogP contribution < -0.4 is 15.2 Å². The third kappa shape index (κ3) is 3.05. The predicted octanol–water partition coefficient (Wildman–Crippen LogP) is 1.43. The molecule has 1 amide bonds. The lowest BCUT2D eigenvalue weighted by molar-refractivity contribution is 0.0779. The summed E-state index contributed by atoms with van der Waals surface area (Å²) in [5.41, 5.74) is -0.0849. The van der Waals surface area contributed by atoms with Gasteiger partial charge in [0.1, 0.15) is 5.75 Å². The predicted molar refractivity (Wildman–Crippen MR) is 97.6 cm³/mol. The average molecular weight is 372 g/mol. The fourth-order valence-electron chi connectivity index (χ4n) is 4.03. The van der Waals surface area contributed by atoms with Crippen molar-refractivity contribution in [2.75, 3.05) is 38.2 Å². The third-order valence-electron chi connectivity index (χ3n) is 5.43. The number of carbonyl (C=O) groups is 1. The van der Waals surface area contributed by atoms with Gasteiger partial charge in [0, 0.05) is 38.0 Å². The number of carbonyl (C=O) groups excluding carboxylic acids is 1. The minimum atomic E-state index is -0.841. The van der Waals surface area contributed by atoms with Crippen LogP contribution in [0.4, 0.5) is 10.3 Å². The number of methoxy groups -OCH3 is 1. The highest BCUT2D eigenvalue weighted by atomic mass is 19.1. The van der Waals surface area contributed by atoms with Gasteiger partial charge in [0.25, 0.3) is 11.5 Å². The van der Waals surface area contributed by atoms with Crippen molar-refractivity contribution in [1.82, 2.24) is 14.9 Å². The lowest BCUT2D eigenvalue weighted by Gasteiger charge is -2.23. The van der Waals surface area contributed by atoms with E-state index in [4.69, 9.17) is 4.74 Å². The first-order valence-corrected chi connectivity index (χ1v) is 8.91. The van der Waals surface area contributed by atoms with Crippen molar-refractivity contribution in [3.8, 4) is 5.75 Å². The van der Waals surface area contributed by atoms with E-state index in [1.165, 1.54) is 6.92 Å². The SMILES string of the molecule is COc1ccccc1C(=O)N1CC2CN(c3nc(C)c(F)c(=O)[nH]3)CC2C1. The van der Waals surface area contributed by atoms with Gasteiger partial charge in [-0.2, -0.15) is 4.39 Å². The zero-order chi connectivity index (χ0) is 19.1. The molecule has 2 atom stereocenters. The summed E-state index contributed by atoms with van der Waals surface area (Å²) in [6.07, 6.45) is 0. The second kappa shape index (κ2) is 6.68. The van der Waals surface area contributed by atoms with E-state index < -0.39 is 11.4 Å². The number of nitrogens with one attached hydrogen (secondary N) is 1. The first-order valence-electron chi connectivity index (χ1n) is 8.91. The maximum absolute atomic E-state index is 13.5. The molecule has 2 aliphatic heterocycles. The number of aromatic amines is 1. The number of nitrogens with zero attached hydrogens (tertiary/aromatic N) is 3. The Bertz CT molecular complexity index is 931. The van der Waals surface area contributed by atoms with E-state index in [2.05, 4.69) is 9.97 Å². The smallest absolute Gasteiger partial charge is 0.288 e. The third-order valence-corrected chi connectivity index (χ3v) is 5.43. The van der Waals surface area contributed by atoms with Crippen LogP contribution in [0.1, 0.15) is 16.1 Å². The van der Waals surface area contributed by atoms with Crippen LogP contribution in [0, 0.1) is 24.6 Å². The van der Waals surface area contributed by atoms with Gasteiger partial charge in [0.05, 0.1) is 18.4 Å². The molecule has 7 nitrogen and oxygen atoms in total. The van der Waals surface area contributed by atoms with E-state index >= 15 is 0 Å². The van der Waals surface area contributed by atoms with Crippen molar-refractivity contribution >= 4 is 11.9 Å². The van der Waals surface area contributed by atoms with E-state index in [0.717, 1.165) is 0 Å². The molecule has 0 bridgehead atoms. The molecule has 8 heteroatoms. The van der Waals surface area contributed by atoms with Gasteiger partial charge < -0.3 is 14.5 Å². The number of hydrogen-bond acceptors (Lipinski definition) is 5. The Labute approximate surface area is 155 Å². The molecule has 0 radical (unpaired) electrons. The molecule has 2 saturated heterocycles. The molecule has 2 fully saturated rings. The number of aromatic nitrogens is 2. The first-order chi connectivity index (χ1) is 13.0. The summed E-state index contributed by atoms with van der Waals surface area (Å²) in [5.74, 6) is 0.684. The number of fused-ring (bicyclic) bond motifs is 1. The number of benzene rings is 1. The molecule has 2 aliphatic rings. The number of likely N-dealkylation sites (tertiary alicyclic amines) is 1. The molecule has 0 saturated carbocycles. The van der Waals surface area contributed by atoms with Gasteiger partial charge in [0.2, 0.25) is 11.8 Å². The fraction of sp³-hybridized carbons (Fsp3) is 0.421. The van der Waals surface area contributed by atoms with Gasteiger partial charge in [-0.3, -0.25) is 14.6 Å². The molecule has 4 rings (SSSR count). The summed E-state index contributed by atoms with van der Waals surface area (Å²) >= 11 is 0. The van der Waals surface area contributed by atoms with Crippen LogP contribution in [0.2, 0.25) is 0 Å². The lowest BCUT2D eigenvalue weighted by Crippen LogP contribution is -2.34. The first kappa shape index (κ1) is 17.5. The second-order valence-corrected chi connectivity index (χ2v) is 7.12. The van der Waals surface area contributed by atoms with Crippen molar-refractivity contribution in [2.24, 2.45) is 11.8 Å². The maximum atomic E-state index is 13.5. The van der Waals surface area contributed by atoms with Crippen LogP contribution in [0.5, 0.6) is 5.75 Å². The monoisotopic (exact) mass is 372 g/mol. The molecular weight excluding hydrogens is 351 g/mol. The quantitative estimate of drug-likeness (QED) is 0.882. The number of para-hydroxylation sites is 1. The van der Waals surface area contributed by atoms with Crippen LogP contribution in [0.25, 0.3) is 0 Å². The molecule has 27 heavy (non-hydrogen) atoms. The minimum Gasteiger partial charge on any atom is -0.496 e. The molecule has 1 N–H and O–H groups in total. The number of H-pyrrole nitrogens is 1. The Morgan fingerprint density at radius 3 is 2.52 bits per heavy atom. The zero-order valence-electron chi connectivity index (χ0n) is 15.2. The number of amides is 1. The topological polar surface area (TPSA) is 78.5 Å². The molecule has 3 heterocycles. The molecular formula is C19H21FN4O3. The number of ether oxygens (including phenoxy) is 1. The largest absolute Gasteiger partial charge is 0.496 e. The number of anilines is 1. The number of halogens is 1. The standard InChI is InChI=1S/C19H21FN4O3/c1-11-16(20)17(25)22-19(21-11)24-9-12-7-23(8-13(12)10-24)18(26)14-5-3-4-6-15(14)27-2/h3-6,12-13H,7-10H2,1-2H3,(H,21,22,25). The van der Waals surface area contributed by atoms with E-state index in [9.17, 15) is 14.0 Å². The summed E-state index contributed by atoms with van der Waals surface area (Å²) in [5, 5.41) is 0. The van der Waals surface area contributed by atoms with Gasteiger partial charge in [-0.15, -0.1) is 0 Å². The normalized spacial score (nSPS) is 21.4. The summed E-state index contributed by atoms with van der Waals surface area (Å²) in [7, 11) is 1.56. The van der Waals surface area contributed by atoms with E-state index in [1.54, 1.807) is 19.2 Å². The van der Waals surface area contributed by atoms with Crippen molar-refractivity contribution in [3.05, 3.63) is 51.7 Å². The lowest BCUT2D eigenvalue weighted by atomic mass is 10.0. The highest BCUT2D eigenvalue weighted by molar-refractivity contribution is 5.97. The van der Waals surface area contributed by atoms with Crippen molar-refractivity contribution in [1.29, 1.82) is 0 Å². The zero-order valence-corrected chi connectivity index (χ0v) is 15.2. The fourth-order valence-corrected chi connectivity index (χ4v) is 4.03. The van der Waals surface area contributed by atoms with Gasteiger partial charge in [0.15, 0.2) is 0 Å². The maximum Gasteiger partial charge on any atom is 0.288 e. The Balaban J connectivity index is 1.47. The molecule has 142 valence electrons. The highest BCUT2D eigenvalue weighted by Gasteiger charge is 2.42. The van der Waals surface area contributed by atoms with E-state index in [1.807, 2.05) is 21.9 Å². The van der Waals surface area contributed by atoms with Crippen molar-refractivity contribution in [3.63, 3.8) is 0 Å². The molecule has 0 spiro atoms. The Hall–Kier alpha value is -2.90. The number of aryl methyl sites for hydroxylation is 1. The minimum absolute atomic E-state index is 0.0300. The van der Waals surface area contributed by atoms with Crippen LogP contribution in [-0.4, -0.2) is 54.1 Å². The number of hydrogen-bond donors (Lipinski definition) is 1. The van der Waals surface area contributed by atoms with Gasteiger partial charge in [-0.05, 0) is 19.1 Å². The van der Waals surface area contributed by atoms with Crippen LogP contribution in [0.15, 0.2) is 29.1 Å². The molecule has 1 aromatic carbocycles. The van der Waals surface area contributed by atoms with Gasteiger partial charge in [-0.25, -0.2) is 4.98 Å². The highest BCUT2D eigenvalue weighted by Crippen LogP contribution is 2.34. The summed E-state index contributed by atoms with van der Waals surface area (Å²) < 4.78 is 18.8.